The monoisotopic (exact) mass is 442 g/mol. The molecule has 8 heteroatoms. The second-order valence-corrected chi connectivity index (χ2v) is 9.62. The molecule has 0 aliphatic rings. The van der Waals surface area contributed by atoms with Gasteiger partial charge >= 0.3 is 0 Å². The highest BCUT2D eigenvalue weighted by Gasteiger charge is 2.31. The normalized spacial score (nSPS) is 13.7. The standard InChI is InChI=1S/C20H24Cl2N2O3S/c1-12-6-8-17(13(2)10-12)14(3)23-20(25)15(4)24(28(5,26)27)19-11-16(21)7-9-18(19)22/h6-11,14-15H,1-5H3,(H,23,25)/t14-,15-/m0/s1. The third-order valence-corrected chi connectivity index (χ3v) is 6.27. The Balaban J connectivity index is 2.33. The summed E-state index contributed by atoms with van der Waals surface area (Å²) in [6, 6.07) is 9.16. The lowest BCUT2D eigenvalue weighted by atomic mass is 10.00. The second-order valence-electron chi connectivity index (χ2n) is 6.92. The van der Waals surface area contributed by atoms with Crippen LogP contribution in [0.4, 0.5) is 5.69 Å². The Morgan fingerprint density at radius 2 is 1.71 bits per heavy atom. The van der Waals surface area contributed by atoms with Gasteiger partial charge in [-0.3, -0.25) is 9.10 Å². The molecule has 1 N–H and O–H groups in total. The smallest absolute Gasteiger partial charge is 0.244 e. The molecule has 0 aromatic heterocycles. The van der Waals surface area contributed by atoms with Gasteiger partial charge in [0, 0.05) is 5.02 Å². The predicted molar refractivity (Wildman–Crippen MR) is 116 cm³/mol. The van der Waals surface area contributed by atoms with Crippen LogP contribution in [0.5, 0.6) is 0 Å². The van der Waals surface area contributed by atoms with Gasteiger partial charge in [0.2, 0.25) is 15.9 Å². The van der Waals surface area contributed by atoms with Crippen LogP contribution in [0, 0.1) is 13.8 Å². The van der Waals surface area contributed by atoms with E-state index < -0.39 is 22.0 Å². The third-order valence-electron chi connectivity index (χ3n) is 4.48. The highest BCUT2D eigenvalue weighted by Crippen LogP contribution is 2.32. The lowest BCUT2D eigenvalue weighted by molar-refractivity contribution is -0.122. The molecule has 28 heavy (non-hydrogen) atoms. The molecule has 0 saturated heterocycles. The summed E-state index contributed by atoms with van der Waals surface area (Å²) in [6.07, 6.45) is 1.03. The maximum atomic E-state index is 12.9. The van der Waals surface area contributed by atoms with Crippen LogP contribution in [0.1, 0.15) is 36.6 Å². The first-order valence-electron chi connectivity index (χ1n) is 8.73. The Hall–Kier alpha value is -1.76. The number of hydrogen-bond donors (Lipinski definition) is 1. The second kappa shape index (κ2) is 8.72. The summed E-state index contributed by atoms with van der Waals surface area (Å²) < 4.78 is 25.9. The Labute approximate surface area is 176 Å². The summed E-state index contributed by atoms with van der Waals surface area (Å²) in [6.45, 7) is 7.35. The number of nitrogens with one attached hydrogen (secondary N) is 1. The maximum absolute atomic E-state index is 12.9. The van der Waals surface area contributed by atoms with Crippen molar-refractivity contribution in [3.8, 4) is 0 Å². The summed E-state index contributed by atoms with van der Waals surface area (Å²) in [5.74, 6) is -0.436. The van der Waals surface area contributed by atoms with Gasteiger partial charge in [0.15, 0.2) is 0 Å². The van der Waals surface area contributed by atoms with E-state index in [4.69, 9.17) is 23.2 Å². The third kappa shape index (κ3) is 5.19. The lowest BCUT2D eigenvalue weighted by Crippen LogP contribution is -2.48. The highest BCUT2D eigenvalue weighted by molar-refractivity contribution is 7.92. The van der Waals surface area contributed by atoms with Crippen molar-refractivity contribution in [2.75, 3.05) is 10.6 Å². The van der Waals surface area contributed by atoms with E-state index in [0.29, 0.717) is 5.02 Å². The van der Waals surface area contributed by atoms with Crippen molar-refractivity contribution in [2.24, 2.45) is 0 Å². The minimum absolute atomic E-state index is 0.165. The molecule has 0 spiro atoms. The van der Waals surface area contributed by atoms with E-state index >= 15 is 0 Å². The van der Waals surface area contributed by atoms with Gasteiger partial charge in [-0.25, -0.2) is 8.42 Å². The van der Waals surface area contributed by atoms with E-state index in [1.165, 1.54) is 19.1 Å². The molecule has 5 nitrogen and oxygen atoms in total. The molecule has 2 atom stereocenters. The van der Waals surface area contributed by atoms with Crippen LogP contribution in [0.3, 0.4) is 0 Å². The molecular formula is C20H24Cl2N2O3S. The van der Waals surface area contributed by atoms with Crippen LogP contribution < -0.4 is 9.62 Å². The van der Waals surface area contributed by atoms with Crippen LogP contribution in [-0.4, -0.2) is 26.6 Å². The molecule has 2 aromatic rings. The van der Waals surface area contributed by atoms with Gasteiger partial charge in [0.05, 0.1) is 23.0 Å². The number of halogens is 2. The van der Waals surface area contributed by atoms with Gasteiger partial charge < -0.3 is 5.32 Å². The summed E-state index contributed by atoms with van der Waals surface area (Å²) in [7, 11) is -3.79. The van der Waals surface area contributed by atoms with E-state index in [-0.39, 0.29) is 16.8 Å². The first-order chi connectivity index (χ1) is 12.9. The fraction of sp³-hybridized carbons (Fsp3) is 0.350. The molecular weight excluding hydrogens is 419 g/mol. The van der Waals surface area contributed by atoms with Crippen molar-refractivity contribution in [1.82, 2.24) is 5.32 Å². The minimum Gasteiger partial charge on any atom is -0.348 e. The molecule has 0 bridgehead atoms. The molecule has 152 valence electrons. The van der Waals surface area contributed by atoms with Crippen LogP contribution in [0.15, 0.2) is 36.4 Å². The van der Waals surface area contributed by atoms with Crippen molar-refractivity contribution < 1.29 is 13.2 Å². The van der Waals surface area contributed by atoms with Gasteiger partial charge in [0.1, 0.15) is 6.04 Å². The van der Waals surface area contributed by atoms with Crippen molar-refractivity contribution in [2.45, 2.75) is 39.8 Å². The van der Waals surface area contributed by atoms with Gasteiger partial charge in [-0.15, -0.1) is 0 Å². The first kappa shape index (κ1) is 22.5. The molecule has 1 amide bonds. The molecule has 0 heterocycles. The number of hydrogen-bond acceptors (Lipinski definition) is 3. The topological polar surface area (TPSA) is 66.5 Å². The quantitative estimate of drug-likeness (QED) is 0.707. The number of carbonyl (C=O) groups excluding carboxylic acids is 1. The molecule has 0 aliphatic carbocycles. The van der Waals surface area contributed by atoms with E-state index in [1.807, 2.05) is 39.0 Å². The zero-order valence-electron chi connectivity index (χ0n) is 16.5. The summed E-state index contributed by atoms with van der Waals surface area (Å²) in [4.78, 5) is 12.9. The molecule has 0 fully saturated rings. The van der Waals surface area contributed by atoms with Gasteiger partial charge in [-0.1, -0.05) is 47.0 Å². The SMILES string of the molecule is Cc1ccc([C@H](C)NC(=O)[C@H](C)N(c2cc(Cl)ccc2Cl)S(C)(=O)=O)c(C)c1. The van der Waals surface area contributed by atoms with Crippen molar-refractivity contribution in [3.63, 3.8) is 0 Å². The lowest BCUT2D eigenvalue weighted by Gasteiger charge is -2.30. The summed E-state index contributed by atoms with van der Waals surface area (Å²) in [5.41, 5.74) is 3.32. The average molecular weight is 443 g/mol. The van der Waals surface area contributed by atoms with E-state index in [1.54, 1.807) is 6.07 Å². The number of aryl methyl sites for hydroxylation is 2. The van der Waals surface area contributed by atoms with Crippen molar-refractivity contribution >= 4 is 44.8 Å². The highest BCUT2D eigenvalue weighted by atomic mass is 35.5. The zero-order chi connectivity index (χ0) is 21.2. The zero-order valence-corrected chi connectivity index (χ0v) is 18.8. The number of nitrogens with zero attached hydrogens (tertiary/aromatic N) is 1. The molecule has 2 aromatic carbocycles. The number of benzene rings is 2. The molecule has 0 unspecified atom stereocenters. The Bertz CT molecular complexity index is 993. The number of anilines is 1. The Morgan fingerprint density at radius 3 is 2.29 bits per heavy atom. The molecule has 0 aliphatic heterocycles. The first-order valence-corrected chi connectivity index (χ1v) is 11.3. The average Bonchev–Trinajstić information content (AvgIpc) is 2.56. The van der Waals surface area contributed by atoms with Gasteiger partial charge in [-0.05, 0) is 57.0 Å². The van der Waals surface area contributed by atoms with Crippen molar-refractivity contribution in [3.05, 3.63) is 63.1 Å². The number of amides is 1. The number of sulfonamides is 1. The van der Waals surface area contributed by atoms with E-state index in [0.717, 1.165) is 27.3 Å². The predicted octanol–water partition coefficient (Wildman–Crippen LogP) is 4.64. The maximum Gasteiger partial charge on any atom is 0.244 e. The van der Waals surface area contributed by atoms with E-state index in [2.05, 4.69) is 5.32 Å². The van der Waals surface area contributed by atoms with Crippen molar-refractivity contribution in [1.29, 1.82) is 0 Å². The Morgan fingerprint density at radius 1 is 1.07 bits per heavy atom. The molecule has 0 saturated carbocycles. The summed E-state index contributed by atoms with van der Waals surface area (Å²) >= 11 is 12.2. The number of carbonyl (C=O) groups is 1. The molecule has 2 rings (SSSR count). The largest absolute Gasteiger partial charge is 0.348 e. The fourth-order valence-corrected chi connectivity index (χ4v) is 4.76. The van der Waals surface area contributed by atoms with Crippen LogP contribution in [0.2, 0.25) is 10.0 Å². The van der Waals surface area contributed by atoms with Crippen LogP contribution >= 0.6 is 23.2 Å². The molecule has 0 radical (unpaired) electrons. The summed E-state index contributed by atoms with van der Waals surface area (Å²) in [5, 5.41) is 3.41. The van der Waals surface area contributed by atoms with E-state index in [9.17, 15) is 13.2 Å². The van der Waals surface area contributed by atoms with Crippen LogP contribution in [-0.2, 0) is 14.8 Å². The van der Waals surface area contributed by atoms with Crippen LogP contribution in [0.25, 0.3) is 0 Å². The van der Waals surface area contributed by atoms with Gasteiger partial charge in [0.25, 0.3) is 0 Å². The fourth-order valence-electron chi connectivity index (χ4n) is 3.16. The van der Waals surface area contributed by atoms with Gasteiger partial charge in [-0.2, -0.15) is 0 Å². The minimum atomic E-state index is -3.79. The Kier molecular flexibility index (Phi) is 7.02. The number of rotatable bonds is 6.